The van der Waals surface area contributed by atoms with Crippen LogP contribution < -0.4 is 0 Å². The van der Waals surface area contributed by atoms with Crippen molar-refractivity contribution < 1.29 is 4.79 Å². The number of tetrazole rings is 1. The summed E-state index contributed by atoms with van der Waals surface area (Å²) in [5, 5.41) is 21.2. The lowest BCUT2D eigenvalue weighted by atomic mass is 10.2. The fourth-order valence-electron chi connectivity index (χ4n) is 3.77. The first-order valence-corrected chi connectivity index (χ1v) is 10.5. The molecule has 0 N–H and O–H groups in total. The Balaban J connectivity index is 1.16. The van der Waals surface area contributed by atoms with Gasteiger partial charge in [0.05, 0.1) is 6.20 Å². The number of hydrogen-bond acceptors (Lipinski definition) is 7. The second-order valence-electron chi connectivity index (χ2n) is 7.82. The number of benzene rings is 1. The second-order valence-corrected chi connectivity index (χ2v) is 7.82. The van der Waals surface area contributed by atoms with E-state index in [1.54, 1.807) is 16.9 Å². The molecule has 32 heavy (non-hydrogen) atoms. The summed E-state index contributed by atoms with van der Waals surface area (Å²) in [6, 6.07) is 11.4. The zero-order valence-electron chi connectivity index (χ0n) is 17.8. The molecule has 0 aliphatic carbocycles. The number of aryl methyl sites for hydroxylation is 1. The third-order valence-electron chi connectivity index (χ3n) is 5.44. The molecular formula is C21H24N10O. The van der Waals surface area contributed by atoms with Gasteiger partial charge in [0.2, 0.25) is 5.82 Å². The lowest BCUT2D eigenvalue weighted by Crippen LogP contribution is -2.48. The van der Waals surface area contributed by atoms with Crippen LogP contribution in [-0.2, 0) is 20.3 Å². The summed E-state index contributed by atoms with van der Waals surface area (Å²) in [4.78, 5) is 18.5. The molecule has 4 heterocycles. The van der Waals surface area contributed by atoms with Crippen LogP contribution in [0.2, 0.25) is 0 Å². The van der Waals surface area contributed by atoms with Gasteiger partial charge in [-0.15, -0.1) is 15.0 Å². The molecule has 164 valence electrons. The topological polar surface area (TPSA) is 103 Å². The number of nitrogens with zero attached hydrogens (tertiary/aromatic N) is 10. The van der Waals surface area contributed by atoms with Gasteiger partial charge in [-0.1, -0.05) is 30.3 Å². The van der Waals surface area contributed by atoms with E-state index >= 15 is 0 Å². The van der Waals surface area contributed by atoms with Crippen LogP contribution in [0.1, 0.15) is 16.1 Å². The number of carbonyl (C=O) groups excluding carboxylic acids is 1. The van der Waals surface area contributed by atoms with E-state index in [1.807, 2.05) is 59.4 Å². The number of aromatic nitrogens is 8. The maximum atomic E-state index is 12.9. The maximum Gasteiger partial charge on any atom is 0.274 e. The van der Waals surface area contributed by atoms with E-state index < -0.39 is 0 Å². The fourth-order valence-corrected chi connectivity index (χ4v) is 3.77. The van der Waals surface area contributed by atoms with Crippen molar-refractivity contribution in [2.75, 3.05) is 26.2 Å². The molecule has 1 aliphatic rings. The van der Waals surface area contributed by atoms with E-state index in [-0.39, 0.29) is 12.6 Å². The molecule has 1 amide bonds. The van der Waals surface area contributed by atoms with Gasteiger partial charge in [-0.3, -0.25) is 14.4 Å². The quantitative estimate of drug-likeness (QED) is 0.443. The molecule has 1 fully saturated rings. The summed E-state index contributed by atoms with van der Waals surface area (Å²) >= 11 is 0. The van der Waals surface area contributed by atoms with Crippen LogP contribution >= 0.6 is 0 Å². The summed E-state index contributed by atoms with van der Waals surface area (Å²) in [6.45, 7) is 4.14. The molecule has 11 nitrogen and oxygen atoms in total. The van der Waals surface area contributed by atoms with Crippen LogP contribution in [0.5, 0.6) is 0 Å². The van der Waals surface area contributed by atoms with Crippen LogP contribution in [0.4, 0.5) is 0 Å². The number of amides is 1. The van der Waals surface area contributed by atoms with E-state index in [4.69, 9.17) is 0 Å². The van der Waals surface area contributed by atoms with Crippen molar-refractivity contribution in [2.24, 2.45) is 7.05 Å². The minimum Gasteiger partial charge on any atom is -0.335 e. The first-order chi connectivity index (χ1) is 15.6. The standard InChI is InChI=1S/C21H24N10O/c1-27-14-17(13-22-27)15-28-9-11-29(12-10-28)21(32)19-7-8-30(24-19)16-31-25-20(23-26-31)18-5-3-2-4-6-18/h2-8,13-14H,9-12,15-16H2,1H3. The van der Waals surface area contributed by atoms with Gasteiger partial charge in [0, 0.05) is 63.3 Å². The Hall–Kier alpha value is -3.86. The van der Waals surface area contributed by atoms with Crippen LogP contribution in [0, 0.1) is 0 Å². The van der Waals surface area contributed by atoms with Gasteiger partial charge in [0.15, 0.2) is 6.67 Å². The zero-order valence-corrected chi connectivity index (χ0v) is 17.8. The molecule has 5 rings (SSSR count). The Labute approximate surface area is 184 Å². The first kappa shape index (κ1) is 20.1. The van der Waals surface area contributed by atoms with E-state index in [0.29, 0.717) is 24.6 Å². The minimum absolute atomic E-state index is 0.0544. The minimum atomic E-state index is -0.0544. The number of carbonyl (C=O) groups is 1. The van der Waals surface area contributed by atoms with Crippen molar-refractivity contribution in [3.8, 4) is 11.4 Å². The van der Waals surface area contributed by atoms with Gasteiger partial charge in [-0.25, -0.2) is 4.68 Å². The molecule has 0 unspecified atom stereocenters. The SMILES string of the molecule is Cn1cc(CN2CCN(C(=O)c3ccn(Cn4nnc(-c5ccccc5)n4)n3)CC2)cn1. The summed E-state index contributed by atoms with van der Waals surface area (Å²) < 4.78 is 3.45. The lowest BCUT2D eigenvalue weighted by molar-refractivity contribution is 0.0621. The molecule has 1 aliphatic heterocycles. The number of piperazine rings is 1. The third kappa shape index (κ3) is 4.42. The van der Waals surface area contributed by atoms with Gasteiger partial charge in [-0.2, -0.15) is 10.2 Å². The predicted octanol–water partition coefficient (Wildman–Crippen LogP) is 0.734. The molecular weight excluding hydrogens is 408 g/mol. The smallest absolute Gasteiger partial charge is 0.274 e. The normalized spacial score (nSPS) is 14.7. The van der Waals surface area contributed by atoms with Crippen molar-refractivity contribution in [3.63, 3.8) is 0 Å². The maximum absolute atomic E-state index is 12.9. The molecule has 3 aromatic heterocycles. The Bertz CT molecular complexity index is 1190. The highest BCUT2D eigenvalue weighted by atomic mass is 16.2. The zero-order chi connectivity index (χ0) is 21.9. The highest BCUT2D eigenvalue weighted by molar-refractivity contribution is 5.92. The molecule has 11 heteroatoms. The molecule has 4 aromatic rings. The first-order valence-electron chi connectivity index (χ1n) is 10.5. The average molecular weight is 432 g/mol. The van der Waals surface area contributed by atoms with Gasteiger partial charge < -0.3 is 4.90 Å². The molecule has 0 radical (unpaired) electrons. The van der Waals surface area contributed by atoms with E-state index in [1.165, 1.54) is 10.4 Å². The summed E-state index contributed by atoms with van der Waals surface area (Å²) in [5.74, 6) is 0.500. The van der Waals surface area contributed by atoms with Crippen LogP contribution in [0.3, 0.4) is 0 Å². The number of hydrogen-bond donors (Lipinski definition) is 0. The van der Waals surface area contributed by atoms with Gasteiger partial charge >= 0.3 is 0 Å². The summed E-state index contributed by atoms with van der Waals surface area (Å²) in [5.41, 5.74) is 2.51. The monoisotopic (exact) mass is 432 g/mol. The van der Waals surface area contributed by atoms with Gasteiger partial charge in [0.1, 0.15) is 5.69 Å². The molecule has 0 atom stereocenters. The van der Waals surface area contributed by atoms with E-state index in [9.17, 15) is 4.79 Å². The third-order valence-corrected chi connectivity index (χ3v) is 5.44. The number of rotatable bonds is 6. The Morgan fingerprint density at radius 1 is 1.03 bits per heavy atom. The van der Waals surface area contributed by atoms with Gasteiger partial charge in [0.25, 0.3) is 5.91 Å². The molecule has 1 saturated heterocycles. The second kappa shape index (κ2) is 8.71. The molecule has 0 bridgehead atoms. The predicted molar refractivity (Wildman–Crippen MR) is 115 cm³/mol. The van der Waals surface area contributed by atoms with Gasteiger partial charge in [-0.05, 0) is 11.3 Å². The van der Waals surface area contributed by atoms with Crippen LogP contribution in [0.15, 0.2) is 55.0 Å². The Kier molecular flexibility index (Phi) is 5.46. The highest BCUT2D eigenvalue weighted by Gasteiger charge is 2.24. The average Bonchev–Trinajstić information content (AvgIpc) is 3.57. The summed E-state index contributed by atoms with van der Waals surface area (Å²) in [7, 11) is 1.92. The Morgan fingerprint density at radius 3 is 2.59 bits per heavy atom. The molecule has 0 saturated carbocycles. The van der Waals surface area contributed by atoms with Crippen molar-refractivity contribution in [2.45, 2.75) is 13.2 Å². The fraction of sp³-hybridized carbons (Fsp3) is 0.333. The van der Waals surface area contributed by atoms with Crippen molar-refractivity contribution in [1.29, 1.82) is 0 Å². The van der Waals surface area contributed by atoms with Crippen molar-refractivity contribution in [3.05, 3.63) is 66.2 Å². The van der Waals surface area contributed by atoms with Crippen molar-refractivity contribution >= 4 is 5.91 Å². The van der Waals surface area contributed by atoms with E-state index in [2.05, 4.69) is 30.5 Å². The van der Waals surface area contributed by atoms with Crippen LogP contribution in [0.25, 0.3) is 11.4 Å². The lowest BCUT2D eigenvalue weighted by Gasteiger charge is -2.34. The summed E-state index contributed by atoms with van der Waals surface area (Å²) in [6.07, 6.45) is 5.67. The van der Waals surface area contributed by atoms with Crippen molar-refractivity contribution in [1.82, 2.24) is 49.6 Å². The largest absolute Gasteiger partial charge is 0.335 e. The Morgan fingerprint density at radius 2 is 1.84 bits per heavy atom. The molecule has 1 aromatic carbocycles. The molecule has 0 spiro atoms. The van der Waals surface area contributed by atoms with E-state index in [0.717, 1.165) is 25.2 Å². The van der Waals surface area contributed by atoms with Crippen LogP contribution in [-0.4, -0.2) is 81.7 Å². The highest BCUT2D eigenvalue weighted by Crippen LogP contribution is 2.13.